The molecule has 1 aromatic carbocycles. The van der Waals surface area contributed by atoms with Crippen LogP contribution in [-0.2, 0) is 13.1 Å². The molecule has 2 unspecified atom stereocenters. The second kappa shape index (κ2) is 5.50. The zero-order valence-electron chi connectivity index (χ0n) is 13.2. The SMILES string of the molecule is CNC1CCC(C)(C)CC1CN1Cc2ccccc2C1. The van der Waals surface area contributed by atoms with Gasteiger partial charge >= 0.3 is 0 Å². The molecule has 0 saturated heterocycles. The molecule has 0 bridgehead atoms. The predicted molar refractivity (Wildman–Crippen MR) is 84.5 cm³/mol. The smallest absolute Gasteiger partial charge is 0.0240 e. The van der Waals surface area contributed by atoms with Crippen molar-refractivity contribution in [2.75, 3.05) is 13.6 Å². The standard InChI is InChI=1S/C18H28N2/c1-18(2)9-8-17(19-3)16(10-18)13-20-11-14-6-4-5-7-15(14)12-20/h4-7,16-17,19H,8-13H2,1-3H3. The van der Waals surface area contributed by atoms with Crippen LogP contribution >= 0.6 is 0 Å². The number of nitrogens with one attached hydrogen (secondary N) is 1. The van der Waals surface area contributed by atoms with Gasteiger partial charge in [-0.2, -0.15) is 0 Å². The van der Waals surface area contributed by atoms with Gasteiger partial charge in [-0.25, -0.2) is 0 Å². The van der Waals surface area contributed by atoms with Crippen LogP contribution < -0.4 is 5.32 Å². The lowest BCUT2D eigenvalue weighted by Crippen LogP contribution is -2.45. The number of hydrogen-bond acceptors (Lipinski definition) is 2. The summed E-state index contributed by atoms with van der Waals surface area (Å²) in [6.45, 7) is 8.39. The van der Waals surface area contributed by atoms with Crippen molar-refractivity contribution in [3.63, 3.8) is 0 Å². The largest absolute Gasteiger partial charge is 0.317 e. The quantitative estimate of drug-likeness (QED) is 0.907. The number of hydrogen-bond donors (Lipinski definition) is 1. The Balaban J connectivity index is 1.65. The van der Waals surface area contributed by atoms with Crippen LogP contribution in [0.15, 0.2) is 24.3 Å². The normalized spacial score (nSPS) is 29.4. The summed E-state index contributed by atoms with van der Waals surface area (Å²) in [4.78, 5) is 2.64. The van der Waals surface area contributed by atoms with E-state index in [2.05, 4.69) is 55.4 Å². The molecule has 1 saturated carbocycles. The molecular formula is C18H28N2. The molecule has 0 amide bonds. The van der Waals surface area contributed by atoms with Crippen molar-refractivity contribution in [1.82, 2.24) is 10.2 Å². The monoisotopic (exact) mass is 272 g/mol. The number of fused-ring (bicyclic) bond motifs is 1. The fourth-order valence-corrected chi connectivity index (χ4v) is 4.17. The molecule has 0 radical (unpaired) electrons. The summed E-state index contributed by atoms with van der Waals surface area (Å²) in [6.07, 6.45) is 4.04. The van der Waals surface area contributed by atoms with Gasteiger partial charge in [0.25, 0.3) is 0 Å². The van der Waals surface area contributed by atoms with Gasteiger partial charge in [-0.3, -0.25) is 4.90 Å². The number of rotatable bonds is 3. The van der Waals surface area contributed by atoms with Crippen LogP contribution in [0.5, 0.6) is 0 Å². The summed E-state index contributed by atoms with van der Waals surface area (Å²) in [7, 11) is 2.13. The molecule has 2 atom stereocenters. The summed E-state index contributed by atoms with van der Waals surface area (Å²) in [6, 6.07) is 9.61. The van der Waals surface area contributed by atoms with Gasteiger partial charge in [0.1, 0.15) is 0 Å². The Kier molecular flexibility index (Phi) is 3.87. The van der Waals surface area contributed by atoms with E-state index in [1.807, 2.05) is 0 Å². The van der Waals surface area contributed by atoms with Crippen molar-refractivity contribution in [1.29, 1.82) is 0 Å². The van der Waals surface area contributed by atoms with Crippen LogP contribution in [0, 0.1) is 11.3 Å². The van der Waals surface area contributed by atoms with E-state index in [0.717, 1.165) is 19.0 Å². The molecule has 0 spiro atoms. The fraction of sp³-hybridized carbons (Fsp3) is 0.667. The summed E-state index contributed by atoms with van der Waals surface area (Å²) >= 11 is 0. The first-order chi connectivity index (χ1) is 9.57. The van der Waals surface area contributed by atoms with E-state index in [1.54, 1.807) is 0 Å². The third kappa shape index (κ3) is 2.91. The molecule has 1 aliphatic heterocycles. The number of benzene rings is 1. The van der Waals surface area contributed by atoms with Gasteiger partial charge in [-0.15, -0.1) is 0 Å². The Labute approximate surface area is 123 Å². The van der Waals surface area contributed by atoms with Crippen LogP contribution in [0.3, 0.4) is 0 Å². The summed E-state index contributed by atoms with van der Waals surface area (Å²) in [5.74, 6) is 0.790. The molecule has 3 rings (SSSR count). The Hall–Kier alpha value is -0.860. The molecule has 0 aromatic heterocycles. The van der Waals surface area contributed by atoms with Crippen molar-refractivity contribution in [3.05, 3.63) is 35.4 Å². The van der Waals surface area contributed by atoms with E-state index in [9.17, 15) is 0 Å². The zero-order chi connectivity index (χ0) is 14.2. The van der Waals surface area contributed by atoms with E-state index in [0.29, 0.717) is 11.5 Å². The Bertz CT molecular complexity index is 441. The minimum absolute atomic E-state index is 0.518. The maximum Gasteiger partial charge on any atom is 0.0240 e. The highest BCUT2D eigenvalue weighted by Crippen LogP contribution is 2.39. The molecular weight excluding hydrogens is 244 g/mol. The minimum Gasteiger partial charge on any atom is -0.317 e. The van der Waals surface area contributed by atoms with Crippen LogP contribution in [-0.4, -0.2) is 24.5 Å². The average Bonchev–Trinajstić information content (AvgIpc) is 2.80. The van der Waals surface area contributed by atoms with E-state index in [-0.39, 0.29) is 0 Å². The third-order valence-corrected chi connectivity index (χ3v) is 5.29. The predicted octanol–water partition coefficient (Wildman–Crippen LogP) is 3.42. The van der Waals surface area contributed by atoms with Crippen molar-refractivity contribution < 1.29 is 0 Å². The minimum atomic E-state index is 0.518. The Morgan fingerprint density at radius 2 is 1.85 bits per heavy atom. The first-order valence-corrected chi connectivity index (χ1v) is 8.04. The summed E-state index contributed by atoms with van der Waals surface area (Å²) in [5, 5.41) is 3.56. The lowest BCUT2D eigenvalue weighted by atomic mass is 9.69. The van der Waals surface area contributed by atoms with Gasteiger partial charge in [0.05, 0.1) is 0 Å². The highest BCUT2D eigenvalue weighted by atomic mass is 15.1. The highest BCUT2D eigenvalue weighted by molar-refractivity contribution is 5.30. The molecule has 2 aliphatic rings. The van der Waals surface area contributed by atoms with Gasteiger partial charge in [-0.1, -0.05) is 38.1 Å². The summed E-state index contributed by atoms with van der Waals surface area (Å²) < 4.78 is 0. The van der Waals surface area contributed by atoms with E-state index in [1.165, 1.54) is 36.9 Å². The van der Waals surface area contributed by atoms with Gasteiger partial charge in [0, 0.05) is 25.7 Å². The second-order valence-electron chi connectivity index (χ2n) is 7.50. The van der Waals surface area contributed by atoms with E-state index in [4.69, 9.17) is 0 Å². The van der Waals surface area contributed by atoms with Crippen molar-refractivity contribution in [3.8, 4) is 0 Å². The third-order valence-electron chi connectivity index (χ3n) is 5.29. The average molecular weight is 272 g/mol. The van der Waals surface area contributed by atoms with Gasteiger partial charge < -0.3 is 5.32 Å². The summed E-state index contributed by atoms with van der Waals surface area (Å²) in [5.41, 5.74) is 3.58. The molecule has 1 aromatic rings. The molecule has 110 valence electrons. The molecule has 1 aliphatic carbocycles. The topological polar surface area (TPSA) is 15.3 Å². The molecule has 1 fully saturated rings. The molecule has 1 heterocycles. The van der Waals surface area contributed by atoms with E-state index < -0.39 is 0 Å². The van der Waals surface area contributed by atoms with Gasteiger partial charge in [-0.05, 0) is 48.8 Å². The zero-order valence-corrected chi connectivity index (χ0v) is 13.2. The molecule has 1 N–H and O–H groups in total. The fourth-order valence-electron chi connectivity index (χ4n) is 4.17. The molecule has 2 heteroatoms. The van der Waals surface area contributed by atoms with Crippen LogP contribution in [0.4, 0.5) is 0 Å². The van der Waals surface area contributed by atoms with Crippen LogP contribution in [0.2, 0.25) is 0 Å². The first kappa shape index (κ1) is 14.1. The lowest BCUT2D eigenvalue weighted by Gasteiger charge is -2.42. The van der Waals surface area contributed by atoms with Gasteiger partial charge in [0.15, 0.2) is 0 Å². The molecule has 20 heavy (non-hydrogen) atoms. The van der Waals surface area contributed by atoms with Crippen molar-refractivity contribution >= 4 is 0 Å². The molecule has 2 nitrogen and oxygen atoms in total. The maximum atomic E-state index is 3.56. The number of nitrogens with zero attached hydrogens (tertiary/aromatic N) is 1. The first-order valence-electron chi connectivity index (χ1n) is 8.04. The Morgan fingerprint density at radius 3 is 2.45 bits per heavy atom. The Morgan fingerprint density at radius 1 is 1.20 bits per heavy atom. The maximum absolute atomic E-state index is 3.56. The van der Waals surface area contributed by atoms with Crippen molar-refractivity contribution in [2.24, 2.45) is 11.3 Å². The van der Waals surface area contributed by atoms with Crippen LogP contribution in [0.1, 0.15) is 44.2 Å². The van der Waals surface area contributed by atoms with Crippen LogP contribution in [0.25, 0.3) is 0 Å². The van der Waals surface area contributed by atoms with E-state index >= 15 is 0 Å². The second-order valence-corrected chi connectivity index (χ2v) is 7.50. The van der Waals surface area contributed by atoms with Crippen molar-refractivity contribution in [2.45, 2.75) is 52.2 Å². The van der Waals surface area contributed by atoms with Gasteiger partial charge in [0.2, 0.25) is 0 Å². The highest BCUT2D eigenvalue weighted by Gasteiger charge is 2.35. The lowest BCUT2D eigenvalue weighted by molar-refractivity contribution is 0.102.